The molecule has 0 heterocycles. The number of hydrogen-bond acceptors (Lipinski definition) is 6. The Labute approximate surface area is 179 Å². The molecule has 2 rings (SSSR count). The second kappa shape index (κ2) is 9.82. The van der Waals surface area contributed by atoms with E-state index in [-0.39, 0.29) is 21.3 Å². The van der Waals surface area contributed by atoms with Gasteiger partial charge in [-0.25, -0.2) is 4.79 Å². The second-order valence-electron chi connectivity index (χ2n) is 5.86. The van der Waals surface area contributed by atoms with Crippen LogP contribution in [0.5, 0.6) is 5.75 Å². The molecule has 0 unspecified atom stereocenters. The van der Waals surface area contributed by atoms with Gasteiger partial charge in [0, 0.05) is 9.79 Å². The van der Waals surface area contributed by atoms with E-state index < -0.39 is 22.8 Å². The summed E-state index contributed by atoms with van der Waals surface area (Å²) >= 11 is 1.31. The lowest BCUT2D eigenvalue weighted by Gasteiger charge is -2.13. The zero-order chi connectivity index (χ0) is 22.5. The van der Waals surface area contributed by atoms with Crippen molar-refractivity contribution in [1.82, 2.24) is 0 Å². The largest absolute Gasteiger partial charge is 0.423 e. The van der Waals surface area contributed by atoms with Crippen LogP contribution >= 0.6 is 23.5 Å². The molecule has 0 saturated heterocycles. The highest BCUT2D eigenvalue weighted by Gasteiger charge is 2.34. The molecule has 0 amide bonds. The van der Waals surface area contributed by atoms with E-state index in [0.717, 1.165) is 23.9 Å². The Hall–Kier alpha value is -2.78. The van der Waals surface area contributed by atoms with Gasteiger partial charge in [-0.05, 0) is 84.6 Å². The zero-order valence-electron chi connectivity index (χ0n) is 15.6. The molecule has 0 aliphatic rings. The number of carbonyl (C=O) groups is 3. The van der Waals surface area contributed by atoms with Gasteiger partial charge >= 0.3 is 12.1 Å². The second-order valence-corrected chi connectivity index (χ2v) is 7.96. The number of carbonyl (C=O) groups excluding carboxylic acids is 3. The van der Waals surface area contributed by atoms with Crippen LogP contribution in [0, 0.1) is 0 Å². The van der Waals surface area contributed by atoms with Crippen LogP contribution in [0.25, 0.3) is 0 Å². The topological polar surface area (TPSA) is 60.4 Å². The summed E-state index contributed by atoms with van der Waals surface area (Å²) < 4.78 is 45.0. The third kappa shape index (κ3) is 6.36. The summed E-state index contributed by atoms with van der Waals surface area (Å²) in [5.41, 5.74) is -0.630. The lowest BCUT2D eigenvalue weighted by molar-refractivity contribution is -0.139. The van der Waals surface area contributed by atoms with E-state index in [4.69, 9.17) is 4.74 Å². The van der Waals surface area contributed by atoms with Crippen LogP contribution in [0.2, 0.25) is 0 Å². The van der Waals surface area contributed by atoms with Crippen LogP contribution in [-0.2, 0) is 15.8 Å². The molecule has 2 aromatic rings. The standard InChI is InChI=1S/C21H15F3O4S2/c1-4-18(25)30-17-10-7-14(11-16(17)21(22,23)24)28-19(26)13-5-8-15(9-6-13)29-20(27)12(2)3/h4-11H,1-2H2,3H3. The quantitative estimate of drug-likeness (QED) is 0.235. The predicted octanol–water partition coefficient (Wildman–Crippen LogP) is 5.92. The normalized spacial score (nSPS) is 10.9. The summed E-state index contributed by atoms with van der Waals surface area (Å²) in [5.74, 6) is -1.19. The number of benzene rings is 2. The van der Waals surface area contributed by atoms with Gasteiger partial charge in [0.25, 0.3) is 0 Å². The molecule has 0 N–H and O–H groups in total. The Morgan fingerprint density at radius 1 is 1.03 bits per heavy atom. The van der Waals surface area contributed by atoms with Crippen LogP contribution in [0.4, 0.5) is 13.2 Å². The van der Waals surface area contributed by atoms with Gasteiger partial charge in [-0.3, -0.25) is 9.59 Å². The average Bonchev–Trinajstić information content (AvgIpc) is 2.68. The summed E-state index contributed by atoms with van der Waals surface area (Å²) in [6, 6.07) is 8.71. The van der Waals surface area contributed by atoms with E-state index in [0.29, 0.717) is 28.3 Å². The minimum Gasteiger partial charge on any atom is -0.423 e. The first-order chi connectivity index (χ1) is 14.0. The van der Waals surface area contributed by atoms with Gasteiger partial charge in [0.1, 0.15) is 5.75 Å². The fourth-order valence-corrected chi connectivity index (χ4v) is 3.43. The van der Waals surface area contributed by atoms with Crippen molar-refractivity contribution in [2.24, 2.45) is 0 Å². The predicted molar refractivity (Wildman–Crippen MR) is 110 cm³/mol. The molecule has 0 saturated carbocycles. The summed E-state index contributed by atoms with van der Waals surface area (Å²) in [5, 5.41) is -0.869. The van der Waals surface area contributed by atoms with Crippen LogP contribution < -0.4 is 4.74 Å². The summed E-state index contributed by atoms with van der Waals surface area (Å²) in [7, 11) is 0. The number of thioether (sulfide) groups is 2. The fourth-order valence-electron chi connectivity index (χ4n) is 2.05. The molecule has 9 heteroatoms. The van der Waals surface area contributed by atoms with Crippen molar-refractivity contribution < 1.29 is 32.3 Å². The molecule has 156 valence electrons. The lowest BCUT2D eigenvalue weighted by Crippen LogP contribution is -2.11. The summed E-state index contributed by atoms with van der Waals surface area (Å²) in [6.45, 7) is 8.35. The number of rotatable bonds is 6. The third-order valence-electron chi connectivity index (χ3n) is 3.49. The zero-order valence-corrected chi connectivity index (χ0v) is 17.2. The molecule has 30 heavy (non-hydrogen) atoms. The van der Waals surface area contributed by atoms with E-state index in [1.807, 2.05) is 0 Å². The first-order valence-corrected chi connectivity index (χ1v) is 9.90. The lowest BCUT2D eigenvalue weighted by atomic mass is 10.2. The fraction of sp³-hybridized carbons (Fsp3) is 0.0952. The minimum absolute atomic E-state index is 0.0935. The first-order valence-electron chi connectivity index (χ1n) is 8.26. The van der Waals surface area contributed by atoms with Crippen molar-refractivity contribution in [2.75, 3.05) is 0 Å². The van der Waals surface area contributed by atoms with Crippen molar-refractivity contribution in [1.29, 1.82) is 0 Å². The van der Waals surface area contributed by atoms with Crippen LogP contribution in [0.15, 0.2) is 77.1 Å². The van der Waals surface area contributed by atoms with Gasteiger partial charge in [0.05, 0.1) is 11.1 Å². The highest BCUT2D eigenvalue weighted by molar-refractivity contribution is 8.14. The van der Waals surface area contributed by atoms with Crippen molar-refractivity contribution >= 4 is 39.7 Å². The average molecular weight is 452 g/mol. The van der Waals surface area contributed by atoms with Crippen molar-refractivity contribution in [3.8, 4) is 5.75 Å². The molecule has 4 nitrogen and oxygen atoms in total. The van der Waals surface area contributed by atoms with Gasteiger partial charge in [-0.1, -0.05) is 13.2 Å². The van der Waals surface area contributed by atoms with Crippen molar-refractivity contribution in [3.63, 3.8) is 0 Å². The molecule has 0 spiro atoms. The summed E-state index contributed by atoms with van der Waals surface area (Å²) in [6.07, 6.45) is -3.84. The molecule has 2 aromatic carbocycles. The first kappa shape index (κ1) is 23.5. The van der Waals surface area contributed by atoms with E-state index in [9.17, 15) is 27.6 Å². The molecule has 0 radical (unpaired) electrons. The smallest absolute Gasteiger partial charge is 0.417 e. The number of halogens is 3. The van der Waals surface area contributed by atoms with Crippen molar-refractivity contribution in [3.05, 3.63) is 78.4 Å². The Morgan fingerprint density at radius 3 is 2.20 bits per heavy atom. The Bertz CT molecular complexity index is 1010. The van der Waals surface area contributed by atoms with Gasteiger partial charge in [0.2, 0.25) is 10.2 Å². The highest BCUT2D eigenvalue weighted by atomic mass is 32.2. The molecule has 0 aromatic heterocycles. The number of alkyl halides is 3. The number of esters is 1. The Morgan fingerprint density at radius 2 is 1.67 bits per heavy atom. The third-order valence-corrected chi connectivity index (χ3v) is 5.48. The van der Waals surface area contributed by atoms with Gasteiger partial charge in [-0.2, -0.15) is 13.2 Å². The summed E-state index contributed by atoms with van der Waals surface area (Å²) in [4.78, 5) is 35.6. The van der Waals surface area contributed by atoms with Gasteiger partial charge < -0.3 is 4.74 Å². The monoisotopic (exact) mass is 452 g/mol. The molecule has 0 atom stereocenters. The van der Waals surface area contributed by atoms with E-state index in [1.165, 1.54) is 30.3 Å². The molecule has 0 aliphatic carbocycles. The minimum atomic E-state index is -4.75. The molecular formula is C21H15F3O4S2. The Balaban J connectivity index is 2.20. The molecular weight excluding hydrogens is 437 g/mol. The Kier molecular flexibility index (Phi) is 7.69. The van der Waals surface area contributed by atoms with Crippen LogP contribution in [0.1, 0.15) is 22.8 Å². The maximum atomic E-state index is 13.3. The highest BCUT2D eigenvalue weighted by Crippen LogP contribution is 2.39. The SMILES string of the molecule is C=CC(=O)Sc1ccc(OC(=O)c2ccc(SC(=O)C(=C)C)cc2)cc1C(F)(F)F. The van der Waals surface area contributed by atoms with Gasteiger partial charge in [0.15, 0.2) is 0 Å². The van der Waals surface area contributed by atoms with E-state index >= 15 is 0 Å². The van der Waals surface area contributed by atoms with Crippen molar-refractivity contribution in [2.45, 2.75) is 22.9 Å². The van der Waals surface area contributed by atoms with Crippen LogP contribution in [0.3, 0.4) is 0 Å². The number of hydrogen-bond donors (Lipinski definition) is 0. The maximum absolute atomic E-state index is 13.3. The van der Waals surface area contributed by atoms with Crippen LogP contribution in [-0.4, -0.2) is 16.2 Å². The number of ether oxygens (including phenoxy) is 1. The maximum Gasteiger partial charge on any atom is 0.417 e. The van der Waals surface area contributed by atoms with Gasteiger partial charge in [-0.15, -0.1) is 0 Å². The van der Waals surface area contributed by atoms with E-state index in [2.05, 4.69) is 13.2 Å². The molecule has 0 fully saturated rings. The van der Waals surface area contributed by atoms with E-state index in [1.54, 1.807) is 6.92 Å². The molecule has 0 bridgehead atoms. The molecule has 0 aliphatic heterocycles.